The van der Waals surface area contributed by atoms with E-state index in [1.165, 1.54) is 16.7 Å². The van der Waals surface area contributed by atoms with Gasteiger partial charge in [0.1, 0.15) is 0 Å². The van der Waals surface area contributed by atoms with E-state index in [2.05, 4.69) is 25.1 Å². The van der Waals surface area contributed by atoms with Crippen molar-refractivity contribution < 1.29 is 9.53 Å². The van der Waals surface area contributed by atoms with Crippen molar-refractivity contribution in [1.29, 1.82) is 0 Å². The number of hydrogen-bond acceptors (Lipinski definition) is 2. The molecule has 1 heterocycles. The van der Waals surface area contributed by atoms with Gasteiger partial charge in [0.2, 0.25) is 0 Å². The Kier molecular flexibility index (Phi) is 1.49. The van der Waals surface area contributed by atoms with Crippen LogP contribution < -0.4 is 0 Å². The second-order valence-corrected chi connectivity index (χ2v) is 4.25. The molecule has 0 bridgehead atoms. The lowest BCUT2D eigenvalue weighted by Gasteiger charge is -2.05. The van der Waals surface area contributed by atoms with Gasteiger partial charge >= 0.3 is 5.97 Å². The molecule has 2 atom stereocenters. The number of rotatable bonds is 0. The van der Waals surface area contributed by atoms with E-state index in [0.29, 0.717) is 12.5 Å². The third kappa shape index (κ3) is 0.939. The lowest BCUT2D eigenvalue weighted by molar-refractivity contribution is -0.141. The summed E-state index contributed by atoms with van der Waals surface area (Å²) in [5.74, 6) is 0.425. The summed E-state index contributed by atoms with van der Waals surface area (Å²) < 4.78 is 5.07. The summed E-state index contributed by atoms with van der Waals surface area (Å²) >= 11 is 0. The van der Waals surface area contributed by atoms with Crippen molar-refractivity contribution in [2.75, 3.05) is 6.61 Å². The van der Waals surface area contributed by atoms with Gasteiger partial charge in [-0.2, -0.15) is 0 Å². The summed E-state index contributed by atoms with van der Waals surface area (Å²) in [5.41, 5.74) is 3.94. The summed E-state index contributed by atoms with van der Waals surface area (Å²) in [6, 6.07) is 6.46. The number of hydrogen-bond donors (Lipinski definition) is 0. The van der Waals surface area contributed by atoms with E-state index in [0.717, 1.165) is 6.42 Å². The van der Waals surface area contributed by atoms with Crippen LogP contribution >= 0.6 is 0 Å². The topological polar surface area (TPSA) is 26.3 Å². The Labute approximate surface area is 82.9 Å². The first-order valence-electron chi connectivity index (χ1n) is 5.02. The van der Waals surface area contributed by atoms with Crippen LogP contribution in [0.4, 0.5) is 0 Å². The minimum atomic E-state index is -0.0103. The second-order valence-electron chi connectivity index (χ2n) is 4.25. The predicted octanol–water partition coefficient (Wildman–Crippen LogP) is 1.81. The van der Waals surface area contributed by atoms with E-state index in [9.17, 15) is 4.79 Å². The van der Waals surface area contributed by atoms with E-state index in [1.54, 1.807) is 0 Å². The molecule has 1 aliphatic heterocycles. The molecular weight excluding hydrogens is 176 g/mol. The summed E-state index contributed by atoms with van der Waals surface area (Å²) in [7, 11) is 0. The molecular formula is C12H12O2. The van der Waals surface area contributed by atoms with Gasteiger partial charge in [-0.3, -0.25) is 4.79 Å². The molecule has 3 rings (SSSR count). The Bertz CT molecular complexity index is 409. The number of carbonyl (C=O) groups is 1. The van der Waals surface area contributed by atoms with E-state index in [-0.39, 0.29) is 11.9 Å². The van der Waals surface area contributed by atoms with Crippen LogP contribution in [0.25, 0.3) is 0 Å². The lowest BCUT2D eigenvalue weighted by Crippen LogP contribution is -2.09. The Hall–Kier alpha value is -1.31. The molecule has 2 nitrogen and oxygen atoms in total. The molecule has 0 unspecified atom stereocenters. The maximum absolute atomic E-state index is 11.4. The van der Waals surface area contributed by atoms with Gasteiger partial charge in [0.05, 0.1) is 12.5 Å². The van der Waals surface area contributed by atoms with Gasteiger partial charge in [-0.1, -0.05) is 23.8 Å². The predicted molar refractivity (Wildman–Crippen MR) is 52.1 cm³/mol. The zero-order chi connectivity index (χ0) is 9.71. The largest absolute Gasteiger partial charge is 0.465 e. The highest BCUT2D eigenvalue weighted by molar-refractivity contribution is 5.78. The van der Waals surface area contributed by atoms with Crippen LogP contribution in [-0.2, 0) is 16.0 Å². The third-order valence-corrected chi connectivity index (χ3v) is 3.33. The highest BCUT2D eigenvalue weighted by atomic mass is 16.5. The fourth-order valence-electron chi connectivity index (χ4n) is 2.60. The van der Waals surface area contributed by atoms with Crippen molar-refractivity contribution in [3.63, 3.8) is 0 Å². The molecule has 2 heteroatoms. The quantitative estimate of drug-likeness (QED) is 0.580. The van der Waals surface area contributed by atoms with Crippen molar-refractivity contribution in [1.82, 2.24) is 0 Å². The number of esters is 1. The molecule has 1 aliphatic carbocycles. The van der Waals surface area contributed by atoms with Gasteiger partial charge in [0.15, 0.2) is 0 Å². The van der Waals surface area contributed by atoms with Crippen LogP contribution in [0, 0.1) is 12.8 Å². The van der Waals surface area contributed by atoms with Crippen LogP contribution in [0.2, 0.25) is 0 Å². The fourth-order valence-corrected chi connectivity index (χ4v) is 2.60. The first-order valence-corrected chi connectivity index (χ1v) is 5.02. The molecule has 0 aromatic heterocycles. The van der Waals surface area contributed by atoms with Crippen LogP contribution in [0.15, 0.2) is 18.2 Å². The van der Waals surface area contributed by atoms with Crippen LogP contribution in [0.3, 0.4) is 0 Å². The summed E-state index contributed by atoms with van der Waals surface area (Å²) in [6.07, 6.45) is 0.876. The van der Waals surface area contributed by atoms with Crippen molar-refractivity contribution in [3.8, 4) is 0 Å². The van der Waals surface area contributed by atoms with Crippen molar-refractivity contribution in [2.24, 2.45) is 5.92 Å². The van der Waals surface area contributed by atoms with Crippen molar-refractivity contribution in [3.05, 3.63) is 34.9 Å². The first kappa shape index (κ1) is 8.04. The van der Waals surface area contributed by atoms with Gasteiger partial charge in [-0.15, -0.1) is 0 Å². The number of benzene rings is 1. The zero-order valence-electron chi connectivity index (χ0n) is 8.12. The highest BCUT2D eigenvalue weighted by Gasteiger charge is 2.43. The number of aryl methyl sites for hydroxylation is 1. The molecule has 0 spiro atoms. The average molecular weight is 188 g/mol. The Morgan fingerprint density at radius 1 is 1.36 bits per heavy atom. The fraction of sp³-hybridized carbons (Fsp3) is 0.417. The third-order valence-electron chi connectivity index (χ3n) is 3.33. The number of ether oxygens (including phenoxy) is 1. The minimum Gasteiger partial charge on any atom is -0.465 e. The van der Waals surface area contributed by atoms with Gasteiger partial charge in [-0.25, -0.2) is 0 Å². The highest BCUT2D eigenvalue weighted by Crippen LogP contribution is 2.42. The van der Waals surface area contributed by atoms with Gasteiger partial charge in [-0.05, 0) is 24.5 Å². The molecule has 72 valence electrons. The van der Waals surface area contributed by atoms with Crippen LogP contribution in [-0.4, -0.2) is 12.6 Å². The Balaban J connectivity index is 2.08. The SMILES string of the molecule is Cc1ccc2c(c1)C[C@@H]1C(=O)OC[C@H]21. The minimum absolute atomic E-state index is 0.0103. The van der Waals surface area contributed by atoms with E-state index in [1.807, 2.05) is 0 Å². The molecule has 1 aromatic carbocycles. The monoisotopic (exact) mass is 188 g/mol. The average Bonchev–Trinajstić information content (AvgIpc) is 2.66. The summed E-state index contributed by atoms with van der Waals surface area (Å²) in [4.78, 5) is 11.4. The van der Waals surface area contributed by atoms with Gasteiger partial charge in [0, 0.05) is 5.92 Å². The number of fused-ring (bicyclic) bond motifs is 3. The summed E-state index contributed by atoms with van der Waals surface area (Å²) in [6.45, 7) is 2.67. The Morgan fingerprint density at radius 2 is 2.21 bits per heavy atom. The van der Waals surface area contributed by atoms with Crippen LogP contribution in [0.1, 0.15) is 22.6 Å². The molecule has 1 aromatic rings. The molecule has 1 fully saturated rings. The maximum atomic E-state index is 11.4. The zero-order valence-corrected chi connectivity index (χ0v) is 8.12. The standard InChI is InChI=1S/C12H12O2/c1-7-2-3-9-8(4-7)5-10-11(9)6-14-12(10)13/h2-4,10-11H,5-6H2,1H3/t10-,11+/m0/s1. The van der Waals surface area contributed by atoms with E-state index in [4.69, 9.17) is 4.74 Å². The molecule has 0 saturated carbocycles. The molecule has 14 heavy (non-hydrogen) atoms. The lowest BCUT2D eigenvalue weighted by atomic mass is 9.96. The smallest absolute Gasteiger partial charge is 0.310 e. The summed E-state index contributed by atoms with van der Waals surface area (Å²) in [5, 5.41) is 0. The molecule has 0 N–H and O–H groups in total. The molecule has 0 radical (unpaired) electrons. The van der Waals surface area contributed by atoms with Crippen molar-refractivity contribution in [2.45, 2.75) is 19.3 Å². The second kappa shape index (κ2) is 2.59. The van der Waals surface area contributed by atoms with E-state index >= 15 is 0 Å². The van der Waals surface area contributed by atoms with Crippen LogP contribution in [0.5, 0.6) is 0 Å². The number of cyclic esters (lactones) is 1. The molecule has 1 saturated heterocycles. The molecule has 2 aliphatic rings. The van der Waals surface area contributed by atoms with E-state index < -0.39 is 0 Å². The number of carbonyl (C=O) groups excluding carboxylic acids is 1. The maximum Gasteiger partial charge on any atom is 0.310 e. The normalized spacial score (nSPS) is 28.5. The molecule has 0 amide bonds. The van der Waals surface area contributed by atoms with Crippen molar-refractivity contribution >= 4 is 5.97 Å². The van der Waals surface area contributed by atoms with Gasteiger partial charge in [0.25, 0.3) is 0 Å². The van der Waals surface area contributed by atoms with Gasteiger partial charge < -0.3 is 4.74 Å². The first-order chi connectivity index (χ1) is 6.75. The Morgan fingerprint density at radius 3 is 3.07 bits per heavy atom.